The highest BCUT2D eigenvalue weighted by molar-refractivity contribution is 6.33. The molecule has 0 saturated heterocycles. The predicted octanol–water partition coefficient (Wildman–Crippen LogP) is 3.94. The molecule has 1 N–H and O–H groups in total. The van der Waals surface area contributed by atoms with E-state index in [0.29, 0.717) is 5.15 Å². The normalized spacial score (nSPS) is 12.2. The van der Waals surface area contributed by atoms with E-state index in [9.17, 15) is 4.79 Å². The first-order valence-corrected chi connectivity index (χ1v) is 6.37. The molecular formula is C15H16ClNO2. The molecule has 0 radical (unpaired) electrons. The van der Waals surface area contributed by atoms with Crippen LogP contribution in [0.4, 0.5) is 0 Å². The smallest absolute Gasteiger partial charge is 0.331 e. The Morgan fingerprint density at radius 2 is 2.00 bits per heavy atom. The summed E-state index contributed by atoms with van der Waals surface area (Å²) in [6, 6.07) is 4.13. The average molecular weight is 278 g/mol. The van der Waals surface area contributed by atoms with Gasteiger partial charge in [0.15, 0.2) is 0 Å². The molecule has 0 unspecified atom stereocenters. The summed E-state index contributed by atoms with van der Waals surface area (Å²) in [6.45, 7) is 5.62. The number of carboxylic acids is 1. The lowest BCUT2D eigenvalue weighted by molar-refractivity contribution is -0.132. The lowest BCUT2D eigenvalue weighted by atomic mass is 10.0. The van der Waals surface area contributed by atoms with Gasteiger partial charge >= 0.3 is 5.97 Å². The largest absolute Gasteiger partial charge is 0.478 e. The van der Waals surface area contributed by atoms with Gasteiger partial charge in [-0.05, 0) is 44.0 Å². The van der Waals surface area contributed by atoms with Gasteiger partial charge in [0.05, 0.1) is 5.52 Å². The molecule has 1 aromatic heterocycles. The molecule has 2 aromatic rings. The number of aryl methyl sites for hydroxylation is 3. The second-order valence-corrected chi connectivity index (χ2v) is 5.23. The summed E-state index contributed by atoms with van der Waals surface area (Å²) in [5.74, 6) is -0.933. The highest BCUT2D eigenvalue weighted by Gasteiger charge is 2.15. The number of fused-ring (bicyclic) bond motifs is 1. The van der Waals surface area contributed by atoms with E-state index in [-0.39, 0.29) is 5.57 Å². The predicted molar refractivity (Wildman–Crippen MR) is 78.7 cm³/mol. The summed E-state index contributed by atoms with van der Waals surface area (Å²) in [6.07, 6.45) is 1.63. The minimum absolute atomic E-state index is 0.273. The van der Waals surface area contributed by atoms with Crippen LogP contribution in [-0.2, 0) is 11.8 Å². The quantitative estimate of drug-likeness (QED) is 0.845. The van der Waals surface area contributed by atoms with Crippen molar-refractivity contribution in [2.45, 2.75) is 20.8 Å². The van der Waals surface area contributed by atoms with Crippen LogP contribution in [0.3, 0.4) is 0 Å². The fourth-order valence-electron chi connectivity index (χ4n) is 2.36. The molecule has 0 saturated carbocycles. The summed E-state index contributed by atoms with van der Waals surface area (Å²) < 4.78 is 1.89. The second kappa shape index (κ2) is 4.74. The lowest BCUT2D eigenvalue weighted by Crippen LogP contribution is -1.95. The monoisotopic (exact) mass is 277 g/mol. The Labute approximate surface area is 117 Å². The molecular weight excluding hydrogens is 262 g/mol. The van der Waals surface area contributed by atoms with E-state index in [1.54, 1.807) is 13.0 Å². The van der Waals surface area contributed by atoms with Gasteiger partial charge in [0, 0.05) is 23.6 Å². The van der Waals surface area contributed by atoms with E-state index < -0.39 is 5.97 Å². The first-order chi connectivity index (χ1) is 8.82. The van der Waals surface area contributed by atoms with Gasteiger partial charge in [0.25, 0.3) is 0 Å². The van der Waals surface area contributed by atoms with Crippen LogP contribution in [-0.4, -0.2) is 15.6 Å². The van der Waals surface area contributed by atoms with Gasteiger partial charge in [-0.2, -0.15) is 0 Å². The number of hydrogen-bond donors (Lipinski definition) is 1. The minimum atomic E-state index is -0.933. The SMILES string of the molecule is C/C(=C\c1c(Cl)n(C)c2cc(C)cc(C)c12)C(=O)O. The van der Waals surface area contributed by atoms with Crippen molar-refractivity contribution in [3.8, 4) is 0 Å². The molecule has 3 nitrogen and oxygen atoms in total. The van der Waals surface area contributed by atoms with E-state index in [1.165, 1.54) is 0 Å². The maximum atomic E-state index is 11.0. The van der Waals surface area contributed by atoms with E-state index in [0.717, 1.165) is 27.6 Å². The van der Waals surface area contributed by atoms with Crippen LogP contribution in [0.1, 0.15) is 23.6 Å². The number of hydrogen-bond acceptors (Lipinski definition) is 1. The average Bonchev–Trinajstić information content (AvgIpc) is 2.54. The molecule has 0 fully saturated rings. The Hall–Kier alpha value is -1.74. The highest BCUT2D eigenvalue weighted by atomic mass is 35.5. The number of halogens is 1. The molecule has 19 heavy (non-hydrogen) atoms. The number of aromatic nitrogens is 1. The Balaban J connectivity index is 2.85. The molecule has 0 aliphatic carbocycles. The summed E-state index contributed by atoms with van der Waals surface area (Å²) in [5.41, 5.74) is 4.33. The fraction of sp³-hybridized carbons (Fsp3) is 0.267. The van der Waals surface area contributed by atoms with Crippen molar-refractivity contribution in [2.75, 3.05) is 0 Å². The summed E-state index contributed by atoms with van der Waals surface area (Å²) >= 11 is 6.34. The van der Waals surface area contributed by atoms with Crippen molar-refractivity contribution in [2.24, 2.45) is 7.05 Å². The Bertz CT molecular complexity index is 711. The first-order valence-electron chi connectivity index (χ1n) is 5.99. The summed E-state index contributed by atoms with van der Waals surface area (Å²) in [5, 5.41) is 10.6. The molecule has 0 atom stereocenters. The van der Waals surface area contributed by atoms with Crippen LogP contribution >= 0.6 is 11.6 Å². The third kappa shape index (κ3) is 2.26. The van der Waals surface area contributed by atoms with Gasteiger partial charge in [-0.1, -0.05) is 17.7 Å². The Morgan fingerprint density at radius 3 is 2.58 bits per heavy atom. The Morgan fingerprint density at radius 1 is 1.37 bits per heavy atom. The van der Waals surface area contributed by atoms with Crippen LogP contribution in [0, 0.1) is 13.8 Å². The zero-order valence-electron chi connectivity index (χ0n) is 11.4. The van der Waals surface area contributed by atoms with Crippen LogP contribution in [0.15, 0.2) is 17.7 Å². The van der Waals surface area contributed by atoms with Gasteiger partial charge in [-0.3, -0.25) is 0 Å². The van der Waals surface area contributed by atoms with Crippen molar-refractivity contribution >= 4 is 34.5 Å². The number of aliphatic carboxylic acids is 1. The van der Waals surface area contributed by atoms with E-state index in [2.05, 4.69) is 12.1 Å². The van der Waals surface area contributed by atoms with E-state index >= 15 is 0 Å². The standard InChI is InChI=1S/C15H16ClNO2/c1-8-5-9(2)13-11(7-10(3)15(18)19)14(16)17(4)12(13)6-8/h5-7H,1-4H3,(H,18,19)/b10-7+. The number of nitrogens with zero attached hydrogens (tertiary/aromatic N) is 1. The number of benzene rings is 1. The lowest BCUT2D eigenvalue weighted by Gasteiger charge is -2.02. The number of carboxylic acid groups (broad SMARTS) is 1. The van der Waals surface area contributed by atoms with Crippen LogP contribution < -0.4 is 0 Å². The maximum Gasteiger partial charge on any atom is 0.331 e. The molecule has 0 aliphatic heterocycles. The van der Waals surface area contributed by atoms with Crippen LogP contribution in [0.5, 0.6) is 0 Å². The molecule has 0 bridgehead atoms. The molecule has 0 spiro atoms. The molecule has 0 amide bonds. The third-order valence-electron chi connectivity index (χ3n) is 3.30. The zero-order valence-corrected chi connectivity index (χ0v) is 12.2. The highest BCUT2D eigenvalue weighted by Crippen LogP contribution is 2.34. The Kier molecular flexibility index (Phi) is 3.42. The number of rotatable bonds is 2. The van der Waals surface area contributed by atoms with Crippen molar-refractivity contribution < 1.29 is 9.90 Å². The van der Waals surface area contributed by atoms with Crippen molar-refractivity contribution in [1.82, 2.24) is 4.57 Å². The first kappa shape index (κ1) is 13.7. The zero-order chi connectivity index (χ0) is 14.3. The summed E-state index contributed by atoms with van der Waals surface area (Å²) in [4.78, 5) is 11.0. The molecule has 100 valence electrons. The molecule has 1 heterocycles. The van der Waals surface area contributed by atoms with Gasteiger partial charge in [0.2, 0.25) is 0 Å². The van der Waals surface area contributed by atoms with Crippen LogP contribution in [0.25, 0.3) is 17.0 Å². The van der Waals surface area contributed by atoms with Gasteiger partial charge in [-0.25, -0.2) is 4.79 Å². The second-order valence-electron chi connectivity index (χ2n) is 4.87. The number of carbonyl (C=O) groups is 1. The third-order valence-corrected chi connectivity index (χ3v) is 3.76. The molecule has 0 aliphatic rings. The van der Waals surface area contributed by atoms with Crippen molar-refractivity contribution in [3.63, 3.8) is 0 Å². The topological polar surface area (TPSA) is 42.2 Å². The van der Waals surface area contributed by atoms with Crippen LogP contribution in [0.2, 0.25) is 5.15 Å². The minimum Gasteiger partial charge on any atom is -0.478 e. The summed E-state index contributed by atoms with van der Waals surface area (Å²) in [7, 11) is 1.89. The van der Waals surface area contributed by atoms with Gasteiger partial charge in [0.1, 0.15) is 5.15 Å². The van der Waals surface area contributed by atoms with Gasteiger partial charge in [-0.15, -0.1) is 0 Å². The van der Waals surface area contributed by atoms with Gasteiger partial charge < -0.3 is 9.67 Å². The van der Waals surface area contributed by atoms with Crippen molar-refractivity contribution in [1.29, 1.82) is 0 Å². The van der Waals surface area contributed by atoms with Crippen molar-refractivity contribution in [3.05, 3.63) is 39.5 Å². The van der Waals surface area contributed by atoms with E-state index in [1.807, 2.05) is 25.5 Å². The van der Waals surface area contributed by atoms with E-state index in [4.69, 9.17) is 16.7 Å². The molecule has 4 heteroatoms. The fourth-order valence-corrected chi connectivity index (χ4v) is 2.60. The maximum absolute atomic E-state index is 11.0. The molecule has 1 aromatic carbocycles. The molecule has 2 rings (SSSR count).